The predicted molar refractivity (Wildman–Crippen MR) is 55.1 cm³/mol. The maximum absolute atomic E-state index is 8.86. The molecule has 0 unspecified atom stereocenters. The summed E-state index contributed by atoms with van der Waals surface area (Å²) in [6.45, 7) is 0.0890. The van der Waals surface area contributed by atoms with Gasteiger partial charge in [-0.2, -0.15) is 0 Å². The summed E-state index contributed by atoms with van der Waals surface area (Å²) in [4.78, 5) is 8.24. The lowest BCUT2D eigenvalue weighted by Gasteiger charge is -1.99. The van der Waals surface area contributed by atoms with Crippen molar-refractivity contribution < 1.29 is 5.11 Å². The third-order valence-corrected chi connectivity index (χ3v) is 2.72. The predicted octanol–water partition coefficient (Wildman–Crippen LogP) is 2.05. The van der Waals surface area contributed by atoms with Crippen molar-refractivity contribution in [3.05, 3.63) is 42.2 Å². The minimum absolute atomic E-state index is 0.0890. The first-order chi connectivity index (χ1) is 6.88. The summed E-state index contributed by atoms with van der Waals surface area (Å²) < 4.78 is 0. The monoisotopic (exact) mass is 206 g/mol. The first-order valence-electron chi connectivity index (χ1n) is 4.25. The van der Waals surface area contributed by atoms with Crippen LogP contribution >= 0.6 is 11.8 Å². The minimum atomic E-state index is 0.0890. The standard InChI is InChI=1S/C10H10N2OS/c13-7-8-1-3-9(4-2-8)14-10-11-5-6-12-10/h1-6,13H,7H2,(H,11,12). The van der Waals surface area contributed by atoms with Gasteiger partial charge in [0.25, 0.3) is 0 Å². The molecule has 0 aliphatic heterocycles. The second-order valence-corrected chi connectivity index (χ2v) is 3.86. The van der Waals surface area contributed by atoms with Crippen molar-refractivity contribution >= 4 is 11.8 Å². The maximum atomic E-state index is 8.86. The number of benzene rings is 1. The Morgan fingerprint density at radius 1 is 1.29 bits per heavy atom. The van der Waals surface area contributed by atoms with Gasteiger partial charge in [-0.05, 0) is 17.7 Å². The first-order valence-corrected chi connectivity index (χ1v) is 5.07. The second-order valence-electron chi connectivity index (χ2n) is 2.80. The van der Waals surface area contributed by atoms with Crippen molar-refractivity contribution in [1.29, 1.82) is 0 Å². The molecular weight excluding hydrogens is 196 g/mol. The van der Waals surface area contributed by atoms with E-state index in [1.807, 2.05) is 24.3 Å². The van der Waals surface area contributed by atoms with Crippen LogP contribution in [-0.2, 0) is 6.61 Å². The fourth-order valence-electron chi connectivity index (χ4n) is 1.08. The number of aliphatic hydroxyl groups excluding tert-OH is 1. The Kier molecular flexibility index (Phi) is 2.86. The summed E-state index contributed by atoms with van der Waals surface area (Å²) in [5.41, 5.74) is 0.925. The number of hydrogen-bond donors (Lipinski definition) is 2. The van der Waals surface area contributed by atoms with E-state index in [9.17, 15) is 0 Å². The lowest BCUT2D eigenvalue weighted by Crippen LogP contribution is -1.82. The average molecular weight is 206 g/mol. The Labute approximate surface area is 86.2 Å². The van der Waals surface area contributed by atoms with Crippen molar-refractivity contribution in [3.63, 3.8) is 0 Å². The zero-order chi connectivity index (χ0) is 9.80. The van der Waals surface area contributed by atoms with Gasteiger partial charge in [0.2, 0.25) is 0 Å². The van der Waals surface area contributed by atoms with E-state index < -0.39 is 0 Å². The van der Waals surface area contributed by atoms with Crippen LogP contribution in [0.5, 0.6) is 0 Å². The van der Waals surface area contributed by atoms with Crippen LogP contribution in [0.4, 0.5) is 0 Å². The van der Waals surface area contributed by atoms with Crippen LogP contribution in [0.3, 0.4) is 0 Å². The highest BCUT2D eigenvalue weighted by Gasteiger charge is 1.98. The molecule has 0 amide bonds. The fourth-order valence-corrected chi connectivity index (χ4v) is 1.82. The molecule has 0 atom stereocenters. The Morgan fingerprint density at radius 3 is 2.64 bits per heavy atom. The molecule has 0 radical (unpaired) electrons. The highest BCUT2D eigenvalue weighted by atomic mass is 32.2. The van der Waals surface area contributed by atoms with Crippen molar-refractivity contribution in [2.24, 2.45) is 0 Å². The molecule has 0 saturated heterocycles. The van der Waals surface area contributed by atoms with Gasteiger partial charge < -0.3 is 10.1 Å². The number of nitrogens with one attached hydrogen (secondary N) is 1. The van der Waals surface area contributed by atoms with Gasteiger partial charge in [-0.1, -0.05) is 23.9 Å². The number of hydrogen-bond acceptors (Lipinski definition) is 3. The van der Waals surface area contributed by atoms with E-state index >= 15 is 0 Å². The molecule has 1 aromatic heterocycles. The highest BCUT2D eigenvalue weighted by Crippen LogP contribution is 2.24. The van der Waals surface area contributed by atoms with Crippen molar-refractivity contribution in [1.82, 2.24) is 9.97 Å². The van der Waals surface area contributed by atoms with Crippen LogP contribution in [-0.4, -0.2) is 15.1 Å². The normalized spacial score (nSPS) is 10.4. The Morgan fingerprint density at radius 2 is 2.07 bits per heavy atom. The molecular formula is C10H10N2OS. The fraction of sp³-hybridized carbons (Fsp3) is 0.100. The van der Waals surface area contributed by atoms with E-state index in [4.69, 9.17) is 5.11 Å². The summed E-state index contributed by atoms with van der Waals surface area (Å²) in [6.07, 6.45) is 3.52. The van der Waals surface area contributed by atoms with Crippen molar-refractivity contribution in [3.8, 4) is 0 Å². The van der Waals surface area contributed by atoms with E-state index in [1.54, 1.807) is 24.2 Å². The molecule has 4 heteroatoms. The summed E-state index contributed by atoms with van der Waals surface area (Å²) >= 11 is 1.57. The van der Waals surface area contributed by atoms with E-state index in [0.29, 0.717) is 0 Å². The van der Waals surface area contributed by atoms with Gasteiger partial charge in [0.05, 0.1) is 6.61 Å². The molecule has 0 bridgehead atoms. The van der Waals surface area contributed by atoms with Crippen LogP contribution in [0.15, 0.2) is 46.7 Å². The molecule has 1 aromatic carbocycles. The molecule has 14 heavy (non-hydrogen) atoms. The number of aromatic amines is 1. The number of rotatable bonds is 3. The van der Waals surface area contributed by atoms with E-state index in [1.165, 1.54) is 0 Å². The maximum Gasteiger partial charge on any atom is 0.170 e. The topological polar surface area (TPSA) is 48.9 Å². The lowest BCUT2D eigenvalue weighted by molar-refractivity contribution is 0.282. The molecule has 0 spiro atoms. The van der Waals surface area contributed by atoms with Gasteiger partial charge in [0.1, 0.15) is 0 Å². The third-order valence-electron chi connectivity index (χ3n) is 1.79. The zero-order valence-electron chi connectivity index (χ0n) is 7.47. The number of aliphatic hydroxyl groups is 1. The first kappa shape index (κ1) is 9.30. The molecule has 1 heterocycles. The lowest BCUT2D eigenvalue weighted by atomic mass is 10.2. The van der Waals surface area contributed by atoms with Gasteiger partial charge in [-0.3, -0.25) is 0 Å². The van der Waals surface area contributed by atoms with Gasteiger partial charge in [-0.25, -0.2) is 4.98 Å². The average Bonchev–Trinajstić information content (AvgIpc) is 2.72. The quantitative estimate of drug-likeness (QED) is 0.808. The number of aromatic nitrogens is 2. The van der Waals surface area contributed by atoms with Crippen molar-refractivity contribution in [2.75, 3.05) is 0 Å². The molecule has 2 rings (SSSR count). The zero-order valence-corrected chi connectivity index (χ0v) is 8.29. The summed E-state index contributed by atoms with van der Waals surface area (Å²) in [7, 11) is 0. The molecule has 0 aliphatic carbocycles. The molecule has 2 aromatic rings. The molecule has 2 N–H and O–H groups in total. The molecule has 0 fully saturated rings. The van der Waals surface area contributed by atoms with Gasteiger partial charge in [0, 0.05) is 17.3 Å². The van der Waals surface area contributed by atoms with Gasteiger partial charge in [-0.15, -0.1) is 0 Å². The highest BCUT2D eigenvalue weighted by molar-refractivity contribution is 7.99. The van der Waals surface area contributed by atoms with Gasteiger partial charge in [0.15, 0.2) is 5.16 Å². The third kappa shape index (κ3) is 2.16. The number of nitrogens with zero attached hydrogens (tertiary/aromatic N) is 1. The summed E-state index contributed by atoms with van der Waals surface area (Å²) in [5.74, 6) is 0. The summed E-state index contributed by atoms with van der Waals surface area (Å²) in [5, 5.41) is 9.74. The van der Waals surface area contributed by atoms with Crippen molar-refractivity contribution in [2.45, 2.75) is 16.7 Å². The smallest absolute Gasteiger partial charge is 0.170 e. The Balaban J connectivity index is 2.10. The number of H-pyrrole nitrogens is 1. The van der Waals surface area contributed by atoms with E-state index in [-0.39, 0.29) is 6.61 Å². The van der Waals surface area contributed by atoms with E-state index in [2.05, 4.69) is 9.97 Å². The van der Waals surface area contributed by atoms with E-state index in [0.717, 1.165) is 15.6 Å². The molecule has 3 nitrogen and oxygen atoms in total. The van der Waals surface area contributed by atoms with Gasteiger partial charge >= 0.3 is 0 Å². The van der Waals surface area contributed by atoms with Crippen LogP contribution in [0.2, 0.25) is 0 Å². The second kappa shape index (κ2) is 4.30. The minimum Gasteiger partial charge on any atom is -0.392 e. The van der Waals surface area contributed by atoms with Crippen LogP contribution in [0, 0.1) is 0 Å². The Bertz CT molecular complexity index is 383. The largest absolute Gasteiger partial charge is 0.392 e. The molecule has 0 saturated carbocycles. The van der Waals surface area contributed by atoms with Crippen LogP contribution < -0.4 is 0 Å². The van der Waals surface area contributed by atoms with Crippen LogP contribution in [0.25, 0.3) is 0 Å². The molecule has 72 valence electrons. The number of imidazole rings is 1. The SMILES string of the molecule is OCc1ccc(Sc2ncc[nH]2)cc1. The van der Waals surface area contributed by atoms with Crippen LogP contribution in [0.1, 0.15) is 5.56 Å². The Hall–Kier alpha value is -1.26. The molecule has 0 aliphatic rings. The summed E-state index contributed by atoms with van der Waals surface area (Å²) in [6, 6.07) is 7.76.